The molecule has 0 bridgehead atoms. The average molecular weight is 360 g/mol. The average Bonchev–Trinajstić information content (AvgIpc) is 2.62. The zero-order valence-electron chi connectivity index (χ0n) is 15.5. The van der Waals surface area contributed by atoms with Gasteiger partial charge in [0.15, 0.2) is 0 Å². The number of carbonyl (C=O) groups excluding carboxylic acids is 3. The van der Waals surface area contributed by atoms with Crippen LogP contribution < -0.4 is 11.1 Å². The van der Waals surface area contributed by atoms with Crippen molar-refractivity contribution in [1.29, 1.82) is 0 Å². The molecule has 1 aromatic rings. The first-order valence-electron chi connectivity index (χ1n) is 9.04. The van der Waals surface area contributed by atoms with Crippen molar-refractivity contribution in [3.8, 4) is 0 Å². The fraction of sp³-hybridized carbons (Fsp3) is 0.526. The van der Waals surface area contributed by atoms with Gasteiger partial charge in [-0.2, -0.15) is 0 Å². The van der Waals surface area contributed by atoms with Crippen LogP contribution >= 0.6 is 0 Å². The van der Waals surface area contributed by atoms with Crippen molar-refractivity contribution in [2.45, 2.75) is 26.2 Å². The fourth-order valence-electron chi connectivity index (χ4n) is 3.19. The molecular weight excluding hydrogens is 332 g/mol. The normalized spacial score (nSPS) is 17.5. The summed E-state index contributed by atoms with van der Waals surface area (Å²) in [4.78, 5) is 39.3. The molecule has 0 saturated carbocycles. The SMILES string of the molecule is CCc1ccccc1NC(=O)CN(C)C(=O)CN1CCC[C@H](C(N)=O)C1. The number of anilines is 1. The minimum atomic E-state index is -0.315. The lowest BCUT2D eigenvalue weighted by atomic mass is 9.97. The van der Waals surface area contributed by atoms with Crippen LogP contribution in [0.5, 0.6) is 0 Å². The molecule has 26 heavy (non-hydrogen) atoms. The van der Waals surface area contributed by atoms with Crippen molar-refractivity contribution in [3.63, 3.8) is 0 Å². The molecule has 7 heteroatoms. The van der Waals surface area contributed by atoms with E-state index in [0.717, 1.165) is 37.1 Å². The summed E-state index contributed by atoms with van der Waals surface area (Å²) < 4.78 is 0. The molecule has 2 rings (SSSR count). The minimum Gasteiger partial charge on any atom is -0.369 e. The Hall–Kier alpha value is -2.41. The van der Waals surface area contributed by atoms with E-state index < -0.39 is 0 Å². The van der Waals surface area contributed by atoms with Gasteiger partial charge >= 0.3 is 0 Å². The summed E-state index contributed by atoms with van der Waals surface area (Å²) in [5, 5.41) is 2.87. The second-order valence-electron chi connectivity index (χ2n) is 6.79. The summed E-state index contributed by atoms with van der Waals surface area (Å²) >= 11 is 0. The third-order valence-electron chi connectivity index (χ3n) is 4.75. The van der Waals surface area contributed by atoms with Crippen LogP contribution in [0.2, 0.25) is 0 Å². The highest BCUT2D eigenvalue weighted by Gasteiger charge is 2.26. The van der Waals surface area contributed by atoms with Gasteiger partial charge in [0.05, 0.1) is 19.0 Å². The number of piperidine rings is 1. The Bertz CT molecular complexity index is 662. The molecule has 7 nitrogen and oxygen atoms in total. The van der Waals surface area contributed by atoms with Gasteiger partial charge in [-0.05, 0) is 37.4 Å². The third-order valence-corrected chi connectivity index (χ3v) is 4.75. The number of primary amides is 1. The molecule has 0 aromatic heterocycles. The Balaban J connectivity index is 1.84. The molecule has 0 unspecified atom stereocenters. The largest absolute Gasteiger partial charge is 0.369 e. The van der Waals surface area contributed by atoms with Gasteiger partial charge in [-0.1, -0.05) is 25.1 Å². The summed E-state index contributed by atoms with van der Waals surface area (Å²) in [6.07, 6.45) is 2.44. The standard InChI is InChI=1S/C19H28N4O3/c1-3-14-7-4-5-9-16(14)21-17(24)12-22(2)18(25)13-23-10-6-8-15(11-23)19(20)26/h4-5,7,9,15H,3,6,8,10-13H2,1-2H3,(H2,20,26)(H,21,24)/t15-/m0/s1. The van der Waals surface area contributed by atoms with Crippen molar-refractivity contribution in [2.24, 2.45) is 11.7 Å². The second-order valence-corrected chi connectivity index (χ2v) is 6.79. The zero-order valence-corrected chi connectivity index (χ0v) is 15.5. The number of para-hydroxylation sites is 1. The molecule has 3 N–H and O–H groups in total. The van der Waals surface area contributed by atoms with Crippen LogP contribution in [0.1, 0.15) is 25.3 Å². The maximum absolute atomic E-state index is 12.4. The molecule has 1 aliphatic rings. The van der Waals surface area contributed by atoms with Gasteiger partial charge in [-0.25, -0.2) is 0 Å². The zero-order chi connectivity index (χ0) is 19.1. The summed E-state index contributed by atoms with van der Waals surface area (Å²) in [5.74, 6) is -0.885. The number of nitrogens with one attached hydrogen (secondary N) is 1. The van der Waals surface area contributed by atoms with Crippen LogP contribution in [0.25, 0.3) is 0 Å². The van der Waals surface area contributed by atoms with Crippen LogP contribution in [-0.2, 0) is 20.8 Å². The molecule has 1 fully saturated rings. The number of nitrogens with zero attached hydrogens (tertiary/aromatic N) is 2. The minimum absolute atomic E-state index is 0.00995. The number of hydrogen-bond donors (Lipinski definition) is 2. The highest BCUT2D eigenvalue weighted by atomic mass is 16.2. The van der Waals surface area contributed by atoms with Gasteiger partial charge in [0.25, 0.3) is 0 Å². The van der Waals surface area contributed by atoms with Crippen molar-refractivity contribution in [3.05, 3.63) is 29.8 Å². The van der Waals surface area contributed by atoms with Crippen LogP contribution in [0.4, 0.5) is 5.69 Å². The molecule has 0 spiro atoms. The molecule has 0 radical (unpaired) electrons. The fourth-order valence-corrected chi connectivity index (χ4v) is 3.19. The quantitative estimate of drug-likeness (QED) is 0.753. The Morgan fingerprint density at radius 1 is 1.31 bits per heavy atom. The van der Waals surface area contributed by atoms with E-state index in [1.807, 2.05) is 36.1 Å². The number of hydrogen-bond acceptors (Lipinski definition) is 4. The predicted octanol–water partition coefficient (Wildman–Crippen LogP) is 0.843. The Labute approximate surface area is 154 Å². The molecule has 3 amide bonds. The summed E-state index contributed by atoms with van der Waals surface area (Å²) in [6, 6.07) is 7.63. The lowest BCUT2D eigenvalue weighted by Gasteiger charge is -2.31. The van der Waals surface area contributed by atoms with E-state index in [1.54, 1.807) is 7.05 Å². The molecule has 0 aliphatic carbocycles. The first-order valence-corrected chi connectivity index (χ1v) is 9.04. The summed E-state index contributed by atoms with van der Waals surface area (Å²) in [7, 11) is 1.61. The molecule has 142 valence electrons. The third kappa shape index (κ3) is 5.56. The van der Waals surface area contributed by atoms with E-state index in [4.69, 9.17) is 5.73 Å². The summed E-state index contributed by atoms with van der Waals surface area (Å²) in [5.41, 5.74) is 7.20. The van der Waals surface area contributed by atoms with E-state index in [2.05, 4.69) is 5.32 Å². The van der Waals surface area contributed by atoms with E-state index in [9.17, 15) is 14.4 Å². The monoisotopic (exact) mass is 360 g/mol. The van der Waals surface area contributed by atoms with E-state index >= 15 is 0 Å². The highest BCUT2D eigenvalue weighted by Crippen LogP contribution is 2.16. The number of carbonyl (C=O) groups is 3. The molecule has 1 aromatic carbocycles. The van der Waals surface area contributed by atoms with Gasteiger partial charge in [-0.3, -0.25) is 19.3 Å². The number of aryl methyl sites for hydroxylation is 1. The topological polar surface area (TPSA) is 95.7 Å². The molecule has 1 aliphatic heterocycles. The molecule has 1 saturated heterocycles. The van der Waals surface area contributed by atoms with Gasteiger partial charge in [-0.15, -0.1) is 0 Å². The van der Waals surface area contributed by atoms with Crippen LogP contribution in [0.15, 0.2) is 24.3 Å². The second kappa shape index (κ2) is 9.33. The summed E-state index contributed by atoms with van der Waals surface area (Å²) in [6.45, 7) is 3.48. The smallest absolute Gasteiger partial charge is 0.243 e. The number of likely N-dealkylation sites (N-methyl/N-ethyl adjacent to an activating group) is 1. The van der Waals surface area contributed by atoms with Crippen LogP contribution in [0.3, 0.4) is 0 Å². The Morgan fingerprint density at radius 3 is 2.73 bits per heavy atom. The molecular formula is C19H28N4O3. The van der Waals surface area contributed by atoms with Crippen molar-refractivity contribution in [1.82, 2.24) is 9.80 Å². The van der Waals surface area contributed by atoms with Gasteiger partial charge in [0.2, 0.25) is 17.7 Å². The van der Waals surface area contributed by atoms with E-state index in [0.29, 0.717) is 6.54 Å². The highest BCUT2D eigenvalue weighted by molar-refractivity contribution is 5.95. The number of rotatable bonds is 7. The maximum atomic E-state index is 12.4. The first kappa shape index (κ1) is 19.9. The van der Waals surface area contributed by atoms with Crippen molar-refractivity contribution >= 4 is 23.4 Å². The van der Waals surface area contributed by atoms with Crippen molar-refractivity contribution < 1.29 is 14.4 Å². The Kier molecular flexibility index (Phi) is 7.15. The lowest BCUT2D eigenvalue weighted by molar-refractivity contribution is -0.135. The van der Waals surface area contributed by atoms with E-state index in [-0.39, 0.29) is 36.7 Å². The van der Waals surface area contributed by atoms with Gasteiger partial charge < -0.3 is 16.0 Å². The predicted molar refractivity (Wildman–Crippen MR) is 100 cm³/mol. The van der Waals surface area contributed by atoms with Crippen LogP contribution in [0, 0.1) is 5.92 Å². The first-order chi connectivity index (χ1) is 12.4. The Morgan fingerprint density at radius 2 is 2.04 bits per heavy atom. The maximum Gasteiger partial charge on any atom is 0.243 e. The molecule has 1 atom stereocenters. The molecule has 1 heterocycles. The number of likely N-dealkylation sites (tertiary alicyclic amines) is 1. The van der Waals surface area contributed by atoms with Crippen LogP contribution in [-0.4, -0.2) is 60.7 Å². The number of nitrogens with two attached hydrogens (primary N) is 1. The van der Waals surface area contributed by atoms with Gasteiger partial charge in [0, 0.05) is 19.3 Å². The van der Waals surface area contributed by atoms with E-state index in [1.165, 1.54) is 4.90 Å². The number of benzene rings is 1. The van der Waals surface area contributed by atoms with Crippen molar-refractivity contribution in [2.75, 3.05) is 38.5 Å². The lowest BCUT2D eigenvalue weighted by Crippen LogP contribution is -2.47. The number of amides is 3. The van der Waals surface area contributed by atoms with Gasteiger partial charge in [0.1, 0.15) is 0 Å².